The predicted octanol–water partition coefficient (Wildman–Crippen LogP) is 4.04. The first kappa shape index (κ1) is 13.3. The highest BCUT2D eigenvalue weighted by Crippen LogP contribution is 2.23. The molecule has 1 aromatic rings. The molecule has 0 atom stereocenters. The van der Waals surface area contributed by atoms with E-state index in [-0.39, 0.29) is 17.9 Å². The Balaban J connectivity index is 1.92. The number of halogens is 2. The van der Waals surface area contributed by atoms with Crippen molar-refractivity contribution in [2.75, 3.05) is 5.32 Å². The van der Waals surface area contributed by atoms with E-state index >= 15 is 0 Å². The normalized spacial score (nSPS) is 16.3. The van der Waals surface area contributed by atoms with Crippen molar-refractivity contribution < 1.29 is 9.18 Å². The molecule has 1 fully saturated rings. The van der Waals surface area contributed by atoms with Crippen molar-refractivity contribution in [1.82, 2.24) is 5.32 Å². The standard InChI is InChI=1S/C13H16BrFN2O/c14-11-7-6-9(15)8-12(11)17-13(18)16-10-4-2-1-3-5-10/h6-8,10H,1-5H2,(H2,16,17,18). The highest BCUT2D eigenvalue weighted by molar-refractivity contribution is 9.10. The molecule has 0 bridgehead atoms. The molecule has 0 radical (unpaired) electrons. The van der Waals surface area contributed by atoms with E-state index in [1.807, 2.05) is 0 Å². The second kappa shape index (κ2) is 6.18. The average molecular weight is 315 g/mol. The maximum absolute atomic E-state index is 13.1. The number of hydrogen-bond donors (Lipinski definition) is 2. The lowest BCUT2D eigenvalue weighted by Crippen LogP contribution is -2.39. The van der Waals surface area contributed by atoms with Gasteiger partial charge in [-0.15, -0.1) is 0 Å². The maximum Gasteiger partial charge on any atom is 0.319 e. The third kappa shape index (κ3) is 3.70. The second-order valence-electron chi connectivity index (χ2n) is 4.56. The quantitative estimate of drug-likeness (QED) is 0.849. The van der Waals surface area contributed by atoms with Crippen LogP contribution in [0, 0.1) is 5.82 Å². The number of nitrogens with one attached hydrogen (secondary N) is 2. The summed E-state index contributed by atoms with van der Waals surface area (Å²) < 4.78 is 13.7. The molecule has 0 spiro atoms. The molecule has 98 valence electrons. The third-order valence-electron chi connectivity index (χ3n) is 3.12. The molecule has 5 heteroatoms. The van der Waals surface area contributed by atoms with E-state index in [0.29, 0.717) is 10.2 Å². The molecule has 0 aromatic heterocycles. The molecular weight excluding hydrogens is 299 g/mol. The largest absolute Gasteiger partial charge is 0.335 e. The van der Waals surface area contributed by atoms with Gasteiger partial charge in [0.1, 0.15) is 5.82 Å². The smallest absolute Gasteiger partial charge is 0.319 e. The molecule has 0 heterocycles. The lowest BCUT2D eigenvalue weighted by molar-refractivity contribution is 0.244. The molecule has 2 N–H and O–H groups in total. The monoisotopic (exact) mass is 314 g/mol. The lowest BCUT2D eigenvalue weighted by Gasteiger charge is -2.23. The first-order valence-electron chi connectivity index (χ1n) is 6.18. The molecule has 2 amide bonds. The first-order valence-corrected chi connectivity index (χ1v) is 6.97. The summed E-state index contributed by atoms with van der Waals surface area (Å²) in [4.78, 5) is 11.8. The molecule has 0 aliphatic heterocycles. The zero-order chi connectivity index (χ0) is 13.0. The van der Waals surface area contributed by atoms with Crippen LogP contribution in [0.3, 0.4) is 0 Å². The van der Waals surface area contributed by atoms with E-state index in [1.165, 1.54) is 18.6 Å². The molecule has 18 heavy (non-hydrogen) atoms. The Bertz CT molecular complexity index is 433. The summed E-state index contributed by atoms with van der Waals surface area (Å²) in [5.74, 6) is -0.369. The van der Waals surface area contributed by atoms with E-state index in [1.54, 1.807) is 6.07 Å². The molecule has 1 aromatic carbocycles. The SMILES string of the molecule is O=C(Nc1cc(F)ccc1Br)NC1CCCCC1. The van der Waals surface area contributed by atoms with E-state index in [4.69, 9.17) is 0 Å². The van der Waals surface area contributed by atoms with Crippen molar-refractivity contribution in [3.05, 3.63) is 28.5 Å². The maximum atomic E-state index is 13.1. The fraction of sp³-hybridized carbons (Fsp3) is 0.462. The van der Waals surface area contributed by atoms with Crippen LogP contribution in [-0.4, -0.2) is 12.1 Å². The average Bonchev–Trinajstić information content (AvgIpc) is 2.35. The highest BCUT2D eigenvalue weighted by atomic mass is 79.9. The summed E-state index contributed by atoms with van der Waals surface area (Å²) in [6, 6.07) is 4.18. The number of anilines is 1. The fourth-order valence-electron chi connectivity index (χ4n) is 2.18. The van der Waals surface area contributed by atoms with Gasteiger partial charge in [-0.05, 0) is 47.0 Å². The van der Waals surface area contributed by atoms with Gasteiger partial charge in [-0.3, -0.25) is 0 Å². The van der Waals surface area contributed by atoms with Gasteiger partial charge in [0.05, 0.1) is 5.69 Å². The number of carbonyl (C=O) groups is 1. The lowest BCUT2D eigenvalue weighted by atomic mass is 9.96. The van der Waals surface area contributed by atoms with Crippen LogP contribution in [0.5, 0.6) is 0 Å². The van der Waals surface area contributed by atoms with Crippen molar-refractivity contribution in [3.63, 3.8) is 0 Å². The Morgan fingerprint density at radius 2 is 2.00 bits per heavy atom. The number of carbonyl (C=O) groups excluding carboxylic acids is 1. The topological polar surface area (TPSA) is 41.1 Å². The number of amides is 2. The molecule has 2 rings (SSSR count). The molecule has 1 aliphatic rings. The van der Waals surface area contributed by atoms with Crippen LogP contribution in [0.25, 0.3) is 0 Å². The van der Waals surface area contributed by atoms with Crippen molar-refractivity contribution >= 4 is 27.6 Å². The fourth-order valence-corrected chi connectivity index (χ4v) is 2.53. The van der Waals surface area contributed by atoms with E-state index in [2.05, 4.69) is 26.6 Å². The first-order chi connectivity index (χ1) is 8.65. The number of urea groups is 1. The van der Waals surface area contributed by atoms with Gasteiger partial charge in [0, 0.05) is 10.5 Å². The summed E-state index contributed by atoms with van der Waals surface area (Å²) in [6.07, 6.45) is 5.62. The molecule has 1 aliphatic carbocycles. The van der Waals surface area contributed by atoms with E-state index in [9.17, 15) is 9.18 Å². The Hall–Kier alpha value is -1.10. The minimum Gasteiger partial charge on any atom is -0.335 e. The molecule has 1 saturated carbocycles. The van der Waals surface area contributed by atoms with Crippen LogP contribution >= 0.6 is 15.9 Å². The second-order valence-corrected chi connectivity index (χ2v) is 5.41. The van der Waals surface area contributed by atoms with Gasteiger partial charge < -0.3 is 10.6 Å². The number of benzene rings is 1. The van der Waals surface area contributed by atoms with Crippen LogP contribution in [0.4, 0.5) is 14.9 Å². The Morgan fingerprint density at radius 3 is 2.72 bits per heavy atom. The summed E-state index contributed by atoms with van der Waals surface area (Å²) >= 11 is 3.27. The van der Waals surface area contributed by atoms with E-state index < -0.39 is 0 Å². The van der Waals surface area contributed by atoms with Gasteiger partial charge in [-0.25, -0.2) is 9.18 Å². The summed E-state index contributed by atoms with van der Waals surface area (Å²) in [7, 11) is 0. The van der Waals surface area contributed by atoms with Crippen molar-refractivity contribution in [3.8, 4) is 0 Å². The highest BCUT2D eigenvalue weighted by Gasteiger charge is 2.16. The van der Waals surface area contributed by atoms with Crippen LogP contribution in [0.1, 0.15) is 32.1 Å². The summed E-state index contributed by atoms with van der Waals surface area (Å²) in [5.41, 5.74) is 0.448. The summed E-state index contributed by atoms with van der Waals surface area (Å²) in [6.45, 7) is 0. The van der Waals surface area contributed by atoms with Crippen molar-refractivity contribution in [2.45, 2.75) is 38.1 Å². The third-order valence-corrected chi connectivity index (χ3v) is 3.81. The van der Waals surface area contributed by atoms with E-state index in [0.717, 1.165) is 25.7 Å². The van der Waals surface area contributed by atoms with Crippen LogP contribution in [0.15, 0.2) is 22.7 Å². The predicted molar refractivity (Wildman–Crippen MR) is 73.1 cm³/mol. The van der Waals surface area contributed by atoms with Gasteiger partial charge in [0.2, 0.25) is 0 Å². The zero-order valence-corrected chi connectivity index (χ0v) is 11.6. The van der Waals surface area contributed by atoms with Crippen molar-refractivity contribution in [2.24, 2.45) is 0 Å². The number of rotatable bonds is 2. The Morgan fingerprint density at radius 1 is 1.28 bits per heavy atom. The van der Waals surface area contributed by atoms with Crippen LogP contribution in [0.2, 0.25) is 0 Å². The van der Waals surface area contributed by atoms with Gasteiger partial charge in [0.15, 0.2) is 0 Å². The number of hydrogen-bond acceptors (Lipinski definition) is 1. The zero-order valence-electron chi connectivity index (χ0n) is 10.0. The summed E-state index contributed by atoms with van der Waals surface area (Å²) in [5, 5.41) is 5.58. The molecule has 0 unspecified atom stereocenters. The van der Waals surface area contributed by atoms with Gasteiger partial charge in [0.25, 0.3) is 0 Å². The van der Waals surface area contributed by atoms with Gasteiger partial charge in [-0.1, -0.05) is 19.3 Å². The van der Waals surface area contributed by atoms with Crippen LogP contribution in [-0.2, 0) is 0 Å². The van der Waals surface area contributed by atoms with Gasteiger partial charge >= 0.3 is 6.03 Å². The van der Waals surface area contributed by atoms with Crippen LogP contribution < -0.4 is 10.6 Å². The minimum absolute atomic E-state index is 0.242. The Kier molecular flexibility index (Phi) is 4.58. The molecular formula is C13H16BrFN2O. The molecule has 0 saturated heterocycles. The minimum atomic E-state index is -0.369. The van der Waals surface area contributed by atoms with Gasteiger partial charge in [-0.2, -0.15) is 0 Å². The Labute approximate surface area is 114 Å². The van der Waals surface area contributed by atoms with Crippen molar-refractivity contribution in [1.29, 1.82) is 0 Å². The molecule has 3 nitrogen and oxygen atoms in total.